The second-order valence-corrected chi connectivity index (χ2v) is 5.93. The molecule has 0 bridgehead atoms. The second-order valence-electron chi connectivity index (χ2n) is 5.93. The molecule has 2 rings (SSSR count). The van der Waals surface area contributed by atoms with E-state index < -0.39 is 0 Å². The highest BCUT2D eigenvalue weighted by molar-refractivity contribution is 5.94. The van der Waals surface area contributed by atoms with Crippen molar-refractivity contribution in [3.63, 3.8) is 0 Å². The van der Waals surface area contributed by atoms with Crippen LogP contribution in [0.25, 0.3) is 0 Å². The molecular weight excluding hydrogens is 318 g/mol. The molecule has 1 aromatic carbocycles. The summed E-state index contributed by atoms with van der Waals surface area (Å²) in [6.07, 6.45) is 1.41. The number of hydrogen-bond acceptors (Lipinski definition) is 3. The van der Waals surface area contributed by atoms with Gasteiger partial charge in [0.1, 0.15) is 6.54 Å². The number of carbonyl (C=O) groups excluding carboxylic acids is 2. The van der Waals surface area contributed by atoms with Crippen molar-refractivity contribution in [2.75, 3.05) is 31.5 Å². The van der Waals surface area contributed by atoms with E-state index in [1.807, 2.05) is 49.1 Å². The van der Waals surface area contributed by atoms with Crippen molar-refractivity contribution in [2.45, 2.75) is 32.7 Å². The molecule has 2 amide bonds. The van der Waals surface area contributed by atoms with E-state index in [0.717, 1.165) is 18.7 Å². The summed E-state index contributed by atoms with van der Waals surface area (Å²) in [6, 6.07) is 9.47. The minimum atomic E-state index is -0.169. The topological polar surface area (TPSA) is 85.8 Å². The third kappa shape index (κ3) is 6.10. The van der Waals surface area contributed by atoms with E-state index in [0.29, 0.717) is 25.5 Å². The molecule has 0 spiro atoms. The minimum absolute atomic E-state index is 0.0363. The number of likely N-dealkylation sites (tertiary alicyclic amines) is 1. The van der Waals surface area contributed by atoms with E-state index in [4.69, 9.17) is 0 Å². The van der Waals surface area contributed by atoms with Gasteiger partial charge in [-0.05, 0) is 25.5 Å². The summed E-state index contributed by atoms with van der Waals surface area (Å²) < 4.78 is 0. The summed E-state index contributed by atoms with van der Waals surface area (Å²) in [5.41, 5.74) is 0.755. The van der Waals surface area contributed by atoms with E-state index in [-0.39, 0.29) is 24.4 Å². The summed E-state index contributed by atoms with van der Waals surface area (Å²) in [7, 11) is 0. The molecule has 1 heterocycles. The summed E-state index contributed by atoms with van der Waals surface area (Å²) >= 11 is 0. The van der Waals surface area contributed by atoms with Crippen LogP contribution in [-0.2, 0) is 9.59 Å². The van der Waals surface area contributed by atoms with Crippen LogP contribution in [0.3, 0.4) is 0 Å². The van der Waals surface area contributed by atoms with Crippen molar-refractivity contribution in [1.29, 1.82) is 0 Å². The molecule has 1 unspecified atom stereocenters. The zero-order valence-corrected chi connectivity index (χ0v) is 14.9. The Morgan fingerprint density at radius 2 is 2.00 bits per heavy atom. The lowest BCUT2D eigenvalue weighted by Gasteiger charge is -2.18. The van der Waals surface area contributed by atoms with Gasteiger partial charge in [-0.1, -0.05) is 25.1 Å². The number of benzene rings is 1. The molecule has 1 aromatic rings. The number of guanidine groups is 1. The van der Waals surface area contributed by atoms with Crippen molar-refractivity contribution >= 4 is 23.5 Å². The molecule has 0 aromatic heterocycles. The first-order valence-corrected chi connectivity index (χ1v) is 8.79. The Balaban J connectivity index is 1.86. The maximum absolute atomic E-state index is 12.0. The van der Waals surface area contributed by atoms with Gasteiger partial charge < -0.3 is 20.9 Å². The van der Waals surface area contributed by atoms with Crippen LogP contribution in [0, 0.1) is 0 Å². The van der Waals surface area contributed by atoms with Gasteiger partial charge in [-0.2, -0.15) is 0 Å². The smallest absolute Gasteiger partial charge is 0.246 e. The second kappa shape index (κ2) is 9.66. The number of hydrogen-bond donors (Lipinski definition) is 3. The van der Waals surface area contributed by atoms with Gasteiger partial charge in [0.2, 0.25) is 11.8 Å². The van der Waals surface area contributed by atoms with Crippen molar-refractivity contribution < 1.29 is 9.59 Å². The standard InChI is InChI=1S/C18H27N5O2/c1-3-17(25)23-11-10-15(13-23)22-18(19-4-2)20-12-16(24)21-14-8-6-5-7-9-14/h5-9,15H,3-4,10-13H2,1-2H3,(H,21,24)(H2,19,20,22). The van der Waals surface area contributed by atoms with E-state index in [9.17, 15) is 9.59 Å². The van der Waals surface area contributed by atoms with Crippen LogP contribution < -0.4 is 16.0 Å². The lowest BCUT2D eigenvalue weighted by Crippen LogP contribution is -2.45. The number of anilines is 1. The van der Waals surface area contributed by atoms with Gasteiger partial charge in [0, 0.05) is 37.8 Å². The van der Waals surface area contributed by atoms with Gasteiger partial charge in [-0.25, -0.2) is 4.99 Å². The highest BCUT2D eigenvalue weighted by atomic mass is 16.2. The summed E-state index contributed by atoms with van der Waals surface area (Å²) in [5.74, 6) is 0.604. The zero-order chi connectivity index (χ0) is 18.1. The Morgan fingerprint density at radius 1 is 1.24 bits per heavy atom. The normalized spacial score (nSPS) is 17.3. The molecule has 1 saturated heterocycles. The Hall–Kier alpha value is -2.57. The molecule has 0 aliphatic carbocycles. The number of para-hydroxylation sites is 1. The fraction of sp³-hybridized carbons (Fsp3) is 0.500. The van der Waals surface area contributed by atoms with E-state index in [2.05, 4.69) is 20.9 Å². The molecule has 3 N–H and O–H groups in total. The van der Waals surface area contributed by atoms with Crippen molar-refractivity contribution in [2.24, 2.45) is 4.99 Å². The molecule has 1 atom stereocenters. The predicted molar refractivity (Wildman–Crippen MR) is 99.5 cm³/mol. The molecule has 1 aliphatic rings. The Kier molecular flexibility index (Phi) is 7.25. The van der Waals surface area contributed by atoms with Gasteiger partial charge in [-0.15, -0.1) is 0 Å². The first-order chi connectivity index (χ1) is 12.1. The number of carbonyl (C=O) groups is 2. The molecule has 0 radical (unpaired) electrons. The van der Waals surface area contributed by atoms with Gasteiger partial charge in [0.05, 0.1) is 0 Å². The zero-order valence-electron chi connectivity index (χ0n) is 14.9. The molecule has 136 valence electrons. The number of rotatable bonds is 6. The number of amides is 2. The summed E-state index contributed by atoms with van der Waals surface area (Å²) in [6.45, 7) is 6.03. The fourth-order valence-electron chi connectivity index (χ4n) is 2.71. The van der Waals surface area contributed by atoms with Crippen LogP contribution >= 0.6 is 0 Å². The van der Waals surface area contributed by atoms with Crippen molar-refractivity contribution in [3.05, 3.63) is 30.3 Å². The molecule has 1 aliphatic heterocycles. The van der Waals surface area contributed by atoms with Crippen LogP contribution in [0.1, 0.15) is 26.7 Å². The maximum atomic E-state index is 12.0. The molecule has 25 heavy (non-hydrogen) atoms. The van der Waals surface area contributed by atoms with E-state index in [1.54, 1.807) is 0 Å². The molecule has 0 saturated carbocycles. The average molecular weight is 345 g/mol. The lowest BCUT2D eigenvalue weighted by molar-refractivity contribution is -0.129. The highest BCUT2D eigenvalue weighted by Crippen LogP contribution is 2.10. The Labute approximate surface area is 148 Å². The van der Waals surface area contributed by atoms with Gasteiger partial charge in [0.25, 0.3) is 0 Å². The van der Waals surface area contributed by atoms with Crippen LogP contribution in [0.5, 0.6) is 0 Å². The number of aliphatic imine (C=N–C) groups is 1. The lowest BCUT2D eigenvalue weighted by atomic mass is 10.3. The largest absolute Gasteiger partial charge is 0.357 e. The molecular formula is C18H27N5O2. The third-order valence-electron chi connectivity index (χ3n) is 3.97. The van der Waals surface area contributed by atoms with Crippen LogP contribution in [0.2, 0.25) is 0 Å². The summed E-state index contributed by atoms with van der Waals surface area (Å²) in [4.78, 5) is 30.0. The summed E-state index contributed by atoms with van der Waals surface area (Å²) in [5, 5.41) is 9.26. The maximum Gasteiger partial charge on any atom is 0.246 e. The Bertz CT molecular complexity index is 603. The highest BCUT2D eigenvalue weighted by Gasteiger charge is 2.25. The van der Waals surface area contributed by atoms with Gasteiger partial charge in [-0.3, -0.25) is 9.59 Å². The van der Waals surface area contributed by atoms with Crippen LogP contribution in [-0.4, -0.2) is 54.9 Å². The molecule has 7 nitrogen and oxygen atoms in total. The Morgan fingerprint density at radius 3 is 2.68 bits per heavy atom. The number of nitrogens with one attached hydrogen (secondary N) is 3. The van der Waals surface area contributed by atoms with Crippen molar-refractivity contribution in [3.8, 4) is 0 Å². The fourth-order valence-corrected chi connectivity index (χ4v) is 2.71. The molecule has 7 heteroatoms. The predicted octanol–water partition coefficient (Wildman–Crippen LogP) is 1.19. The van der Waals surface area contributed by atoms with E-state index >= 15 is 0 Å². The molecule has 1 fully saturated rings. The average Bonchev–Trinajstić information content (AvgIpc) is 3.08. The first-order valence-electron chi connectivity index (χ1n) is 8.79. The van der Waals surface area contributed by atoms with Crippen LogP contribution in [0.4, 0.5) is 5.69 Å². The monoisotopic (exact) mass is 345 g/mol. The van der Waals surface area contributed by atoms with Crippen molar-refractivity contribution in [1.82, 2.24) is 15.5 Å². The SMILES string of the molecule is CCNC(=NCC(=O)Nc1ccccc1)NC1CCN(C(=O)CC)C1. The van der Waals surface area contributed by atoms with E-state index in [1.165, 1.54) is 0 Å². The minimum Gasteiger partial charge on any atom is -0.357 e. The van der Waals surface area contributed by atoms with Gasteiger partial charge >= 0.3 is 0 Å². The van der Waals surface area contributed by atoms with Crippen LogP contribution in [0.15, 0.2) is 35.3 Å². The first kappa shape index (κ1) is 18.8. The van der Waals surface area contributed by atoms with Gasteiger partial charge in [0.15, 0.2) is 5.96 Å². The third-order valence-corrected chi connectivity index (χ3v) is 3.97. The quantitative estimate of drug-likeness (QED) is 0.534. The number of nitrogens with zero attached hydrogens (tertiary/aromatic N) is 2.